The summed E-state index contributed by atoms with van der Waals surface area (Å²) in [6.45, 7) is 1.87. The average molecular weight is 354 g/mol. The molecule has 6 nitrogen and oxygen atoms in total. The molecule has 0 aliphatic rings. The fourth-order valence-electron chi connectivity index (χ4n) is 2.37. The number of aromatic nitrogens is 4. The molecular formula is C18H18N4O2S. The van der Waals surface area contributed by atoms with Crippen LogP contribution in [-0.4, -0.2) is 37.9 Å². The minimum absolute atomic E-state index is 0.0427. The zero-order valence-electron chi connectivity index (χ0n) is 14.2. The smallest absolute Gasteiger partial charge is 0.191 e. The molecule has 0 radical (unpaired) electrons. The summed E-state index contributed by atoms with van der Waals surface area (Å²) in [4.78, 5) is 16.6. The molecule has 3 aromatic rings. The predicted octanol–water partition coefficient (Wildman–Crippen LogP) is 3.25. The number of pyridine rings is 1. The highest BCUT2D eigenvalue weighted by Gasteiger charge is 2.20. The summed E-state index contributed by atoms with van der Waals surface area (Å²) < 4.78 is 7.01. The van der Waals surface area contributed by atoms with Crippen LogP contribution in [0.2, 0.25) is 0 Å². The van der Waals surface area contributed by atoms with E-state index in [1.165, 1.54) is 11.8 Å². The van der Waals surface area contributed by atoms with Crippen molar-refractivity contribution in [1.29, 1.82) is 0 Å². The van der Waals surface area contributed by atoms with Crippen LogP contribution < -0.4 is 4.74 Å². The van der Waals surface area contributed by atoms with Gasteiger partial charge in [-0.05, 0) is 43.3 Å². The SMILES string of the molecule is COc1ccc(C(=O)[C@@H](C)Sc2nnc(-c3ccncc3)n2C)cc1. The van der Waals surface area contributed by atoms with Gasteiger partial charge in [0, 0.05) is 30.6 Å². The molecule has 0 N–H and O–H groups in total. The summed E-state index contributed by atoms with van der Waals surface area (Å²) in [7, 11) is 3.49. The van der Waals surface area contributed by atoms with Gasteiger partial charge in [0.15, 0.2) is 16.8 Å². The van der Waals surface area contributed by atoms with E-state index >= 15 is 0 Å². The first-order valence-electron chi connectivity index (χ1n) is 7.75. The van der Waals surface area contributed by atoms with Crippen molar-refractivity contribution in [3.05, 3.63) is 54.4 Å². The van der Waals surface area contributed by atoms with Gasteiger partial charge in [-0.2, -0.15) is 0 Å². The molecule has 3 rings (SSSR count). The van der Waals surface area contributed by atoms with Gasteiger partial charge in [0.2, 0.25) is 0 Å². The highest BCUT2D eigenvalue weighted by molar-refractivity contribution is 8.00. The monoisotopic (exact) mass is 354 g/mol. The lowest BCUT2D eigenvalue weighted by Gasteiger charge is -2.10. The first-order valence-corrected chi connectivity index (χ1v) is 8.63. The molecule has 0 spiro atoms. The summed E-state index contributed by atoms with van der Waals surface area (Å²) in [6, 6.07) is 10.9. The van der Waals surface area contributed by atoms with E-state index in [0.717, 1.165) is 17.1 Å². The predicted molar refractivity (Wildman–Crippen MR) is 96.9 cm³/mol. The number of hydrogen-bond acceptors (Lipinski definition) is 6. The highest BCUT2D eigenvalue weighted by atomic mass is 32.2. The van der Waals surface area contributed by atoms with Crippen molar-refractivity contribution in [2.45, 2.75) is 17.3 Å². The van der Waals surface area contributed by atoms with Crippen molar-refractivity contribution in [3.63, 3.8) is 0 Å². The van der Waals surface area contributed by atoms with Crippen LogP contribution >= 0.6 is 11.8 Å². The molecule has 0 saturated carbocycles. The maximum absolute atomic E-state index is 12.6. The molecule has 25 heavy (non-hydrogen) atoms. The molecule has 0 amide bonds. The third-order valence-electron chi connectivity index (χ3n) is 3.80. The molecule has 2 heterocycles. The Morgan fingerprint density at radius 3 is 2.44 bits per heavy atom. The number of hydrogen-bond donors (Lipinski definition) is 0. The van der Waals surface area contributed by atoms with Crippen LogP contribution in [0.4, 0.5) is 0 Å². The first kappa shape index (κ1) is 17.2. The Hall–Kier alpha value is -2.67. The van der Waals surface area contributed by atoms with E-state index in [1.807, 2.05) is 30.7 Å². The Bertz CT molecular complexity index is 863. The van der Waals surface area contributed by atoms with Crippen molar-refractivity contribution in [2.75, 3.05) is 7.11 Å². The lowest BCUT2D eigenvalue weighted by atomic mass is 10.1. The van der Waals surface area contributed by atoms with Gasteiger partial charge in [0.1, 0.15) is 5.75 Å². The quantitative estimate of drug-likeness (QED) is 0.500. The van der Waals surface area contributed by atoms with Crippen LogP contribution in [0, 0.1) is 0 Å². The van der Waals surface area contributed by atoms with Crippen LogP contribution in [0.25, 0.3) is 11.4 Å². The Balaban J connectivity index is 1.75. The topological polar surface area (TPSA) is 69.9 Å². The molecule has 0 bridgehead atoms. The summed E-state index contributed by atoms with van der Waals surface area (Å²) in [5.41, 5.74) is 1.59. The highest BCUT2D eigenvalue weighted by Crippen LogP contribution is 2.27. The molecule has 0 aliphatic heterocycles. The molecule has 128 valence electrons. The second-order valence-corrected chi connectivity index (χ2v) is 6.76. The van der Waals surface area contributed by atoms with E-state index in [4.69, 9.17) is 4.74 Å². The van der Waals surface area contributed by atoms with Crippen LogP contribution in [0.1, 0.15) is 17.3 Å². The average Bonchev–Trinajstić information content (AvgIpc) is 3.02. The second-order valence-electron chi connectivity index (χ2n) is 5.45. The van der Waals surface area contributed by atoms with E-state index in [-0.39, 0.29) is 11.0 Å². The van der Waals surface area contributed by atoms with Crippen molar-refractivity contribution < 1.29 is 9.53 Å². The molecule has 0 fully saturated rings. The van der Waals surface area contributed by atoms with Gasteiger partial charge in [-0.1, -0.05) is 11.8 Å². The molecule has 1 aromatic carbocycles. The van der Waals surface area contributed by atoms with Crippen molar-refractivity contribution in [3.8, 4) is 17.1 Å². The van der Waals surface area contributed by atoms with Crippen molar-refractivity contribution in [2.24, 2.45) is 7.05 Å². The molecular weight excluding hydrogens is 336 g/mol. The van der Waals surface area contributed by atoms with Crippen LogP contribution in [-0.2, 0) is 7.05 Å². The Labute approximate surface area is 150 Å². The summed E-state index contributed by atoms with van der Waals surface area (Å²) in [5, 5.41) is 8.87. The minimum Gasteiger partial charge on any atom is -0.497 e. The van der Waals surface area contributed by atoms with Gasteiger partial charge < -0.3 is 9.30 Å². The largest absolute Gasteiger partial charge is 0.497 e. The number of methoxy groups -OCH3 is 1. The third kappa shape index (κ3) is 3.71. The first-order chi connectivity index (χ1) is 12.1. The summed E-state index contributed by atoms with van der Waals surface area (Å²) in [6.07, 6.45) is 3.43. The number of nitrogens with zero attached hydrogens (tertiary/aromatic N) is 4. The number of carbonyl (C=O) groups excluding carboxylic acids is 1. The fraction of sp³-hybridized carbons (Fsp3) is 0.222. The number of benzene rings is 1. The van der Waals surface area contributed by atoms with Gasteiger partial charge in [-0.25, -0.2) is 0 Å². The molecule has 0 saturated heterocycles. The minimum atomic E-state index is -0.276. The fourth-order valence-corrected chi connectivity index (χ4v) is 3.26. The van der Waals surface area contributed by atoms with E-state index < -0.39 is 0 Å². The van der Waals surface area contributed by atoms with Crippen LogP contribution in [0.5, 0.6) is 5.75 Å². The molecule has 7 heteroatoms. The summed E-state index contributed by atoms with van der Waals surface area (Å²) >= 11 is 1.39. The molecule has 1 atom stereocenters. The maximum atomic E-state index is 12.6. The Morgan fingerprint density at radius 2 is 1.80 bits per heavy atom. The van der Waals surface area contributed by atoms with Gasteiger partial charge in [0.25, 0.3) is 0 Å². The standard InChI is InChI=1S/C18H18N4O2S/c1-12(16(23)13-4-6-15(24-3)7-5-13)25-18-21-20-17(22(18)2)14-8-10-19-11-9-14/h4-12H,1-3H3/t12-/m1/s1. The maximum Gasteiger partial charge on any atom is 0.191 e. The number of thioether (sulfide) groups is 1. The zero-order valence-corrected chi connectivity index (χ0v) is 15.0. The second kappa shape index (κ2) is 7.48. The molecule has 0 aliphatic carbocycles. The van der Waals surface area contributed by atoms with Gasteiger partial charge in [-0.15, -0.1) is 10.2 Å². The number of ketones is 1. The van der Waals surface area contributed by atoms with E-state index in [2.05, 4.69) is 15.2 Å². The Morgan fingerprint density at radius 1 is 1.12 bits per heavy atom. The normalized spacial score (nSPS) is 12.0. The molecule has 2 aromatic heterocycles. The number of ether oxygens (including phenoxy) is 1. The lowest BCUT2D eigenvalue weighted by Crippen LogP contribution is -2.14. The number of rotatable bonds is 6. The van der Waals surface area contributed by atoms with Gasteiger partial charge >= 0.3 is 0 Å². The van der Waals surface area contributed by atoms with Crippen LogP contribution in [0.15, 0.2) is 53.9 Å². The third-order valence-corrected chi connectivity index (χ3v) is 4.93. The van der Waals surface area contributed by atoms with Gasteiger partial charge in [-0.3, -0.25) is 9.78 Å². The van der Waals surface area contributed by atoms with E-state index in [1.54, 1.807) is 43.8 Å². The van der Waals surface area contributed by atoms with Crippen LogP contribution in [0.3, 0.4) is 0 Å². The number of Topliss-reactive ketones (excluding diaryl/α,β-unsaturated/α-hetero) is 1. The summed E-state index contributed by atoms with van der Waals surface area (Å²) in [5.74, 6) is 1.52. The lowest BCUT2D eigenvalue weighted by molar-refractivity contribution is 0.0994. The molecule has 0 unspecified atom stereocenters. The zero-order chi connectivity index (χ0) is 17.8. The Kier molecular flexibility index (Phi) is 5.14. The van der Waals surface area contributed by atoms with Crippen molar-refractivity contribution in [1.82, 2.24) is 19.7 Å². The number of carbonyl (C=O) groups is 1. The van der Waals surface area contributed by atoms with Crippen molar-refractivity contribution >= 4 is 17.5 Å². The van der Waals surface area contributed by atoms with E-state index in [0.29, 0.717) is 10.7 Å². The van der Waals surface area contributed by atoms with Gasteiger partial charge in [0.05, 0.1) is 12.4 Å². The van der Waals surface area contributed by atoms with E-state index in [9.17, 15) is 4.79 Å².